The van der Waals surface area contributed by atoms with Crippen molar-refractivity contribution in [1.82, 2.24) is 25.8 Å². The third-order valence-corrected chi connectivity index (χ3v) is 7.78. The van der Waals surface area contributed by atoms with E-state index in [9.17, 15) is 19.5 Å². The highest BCUT2D eigenvalue weighted by Crippen LogP contribution is 2.26. The number of aromatic nitrogens is 1. The Morgan fingerprint density at radius 3 is 2.62 bits per heavy atom. The summed E-state index contributed by atoms with van der Waals surface area (Å²) in [5.74, 6) is -0.789. The molecule has 4 rings (SSSR count). The van der Waals surface area contributed by atoms with Gasteiger partial charge in [0.2, 0.25) is 17.7 Å². The summed E-state index contributed by atoms with van der Waals surface area (Å²) in [6.07, 6.45) is 2.49. The average molecular weight is 566 g/mol. The number of thiazole rings is 1. The molecule has 2 aromatic carbocycles. The topological polar surface area (TPSA) is 124 Å². The molecule has 2 unspecified atom stereocenters. The highest BCUT2D eigenvalue weighted by molar-refractivity contribution is 7.09. The third kappa shape index (κ3) is 7.87. The molecule has 4 N–H and O–H groups in total. The van der Waals surface area contributed by atoms with Gasteiger partial charge in [0.1, 0.15) is 17.1 Å². The molecule has 214 valence electrons. The smallest absolute Gasteiger partial charge is 0.243 e. The maximum atomic E-state index is 13.4. The summed E-state index contributed by atoms with van der Waals surface area (Å²) < 4.78 is 0. The normalized spacial score (nSPS) is 17.0. The van der Waals surface area contributed by atoms with Gasteiger partial charge in [-0.25, -0.2) is 4.98 Å². The van der Waals surface area contributed by atoms with Crippen LogP contribution in [0.2, 0.25) is 0 Å². The van der Waals surface area contributed by atoms with Gasteiger partial charge in [-0.2, -0.15) is 0 Å². The van der Waals surface area contributed by atoms with E-state index in [1.807, 2.05) is 68.6 Å². The van der Waals surface area contributed by atoms with E-state index < -0.39 is 23.6 Å². The van der Waals surface area contributed by atoms with Gasteiger partial charge in [0, 0.05) is 49.6 Å². The Hall–Kier alpha value is -3.34. The molecule has 0 radical (unpaired) electrons. The van der Waals surface area contributed by atoms with Gasteiger partial charge in [-0.15, -0.1) is 11.3 Å². The van der Waals surface area contributed by atoms with E-state index in [-0.39, 0.29) is 37.2 Å². The number of fused-ring (bicyclic) bond motifs is 1. The minimum Gasteiger partial charge on any atom is -0.390 e. The molecule has 0 spiro atoms. The van der Waals surface area contributed by atoms with Gasteiger partial charge in [-0.05, 0) is 29.2 Å². The van der Waals surface area contributed by atoms with Gasteiger partial charge in [0.15, 0.2) is 0 Å². The largest absolute Gasteiger partial charge is 0.390 e. The number of hydrogen-bond acceptors (Lipinski definition) is 7. The van der Waals surface area contributed by atoms with Crippen LogP contribution >= 0.6 is 11.3 Å². The Morgan fingerprint density at radius 1 is 1.12 bits per heavy atom. The molecule has 1 aliphatic rings. The van der Waals surface area contributed by atoms with Crippen LogP contribution in [0.3, 0.4) is 0 Å². The number of nitrogens with one attached hydrogen (secondary N) is 3. The zero-order valence-electron chi connectivity index (χ0n) is 23.4. The fourth-order valence-corrected chi connectivity index (χ4v) is 5.48. The van der Waals surface area contributed by atoms with Crippen LogP contribution in [0.15, 0.2) is 54.0 Å². The lowest BCUT2D eigenvalue weighted by Gasteiger charge is -2.31. The summed E-state index contributed by atoms with van der Waals surface area (Å²) in [6, 6.07) is 12.5. The molecule has 0 aliphatic carbocycles. The number of aliphatic hydroxyl groups is 1. The monoisotopic (exact) mass is 565 g/mol. The van der Waals surface area contributed by atoms with E-state index >= 15 is 0 Å². The summed E-state index contributed by atoms with van der Waals surface area (Å²) >= 11 is 1.53. The average Bonchev–Trinajstić information content (AvgIpc) is 3.63. The van der Waals surface area contributed by atoms with Crippen LogP contribution in [-0.2, 0) is 27.3 Å². The van der Waals surface area contributed by atoms with Crippen molar-refractivity contribution in [3.05, 3.63) is 64.6 Å². The Kier molecular flexibility index (Phi) is 9.89. The molecule has 2 heterocycles. The van der Waals surface area contributed by atoms with Gasteiger partial charge in [-0.3, -0.25) is 14.4 Å². The van der Waals surface area contributed by atoms with Crippen molar-refractivity contribution in [1.29, 1.82) is 0 Å². The highest BCUT2D eigenvalue weighted by atomic mass is 32.1. The van der Waals surface area contributed by atoms with E-state index in [4.69, 9.17) is 0 Å². The SMILES string of the molecule is CC(C)(C)C(=O)N1CCCC1C(=O)N[C@H](Cc1ccc2ccccc2c1)C(=O)NCC(O)CNCc1nccs1. The lowest BCUT2D eigenvalue weighted by Crippen LogP contribution is -2.55. The summed E-state index contributed by atoms with van der Waals surface area (Å²) in [6.45, 7) is 6.91. The van der Waals surface area contributed by atoms with Crippen molar-refractivity contribution in [2.45, 2.75) is 64.8 Å². The summed E-state index contributed by atoms with van der Waals surface area (Å²) in [5.41, 5.74) is 0.299. The van der Waals surface area contributed by atoms with Crippen molar-refractivity contribution in [2.24, 2.45) is 5.41 Å². The van der Waals surface area contributed by atoms with Gasteiger partial charge >= 0.3 is 0 Å². The van der Waals surface area contributed by atoms with Crippen LogP contribution in [0.5, 0.6) is 0 Å². The van der Waals surface area contributed by atoms with Crippen molar-refractivity contribution in [3.8, 4) is 0 Å². The first-order valence-corrected chi connectivity index (χ1v) is 14.6. The summed E-state index contributed by atoms with van der Waals surface area (Å²) in [4.78, 5) is 45.6. The Labute approximate surface area is 239 Å². The van der Waals surface area contributed by atoms with Crippen LogP contribution < -0.4 is 16.0 Å². The second-order valence-corrected chi connectivity index (χ2v) is 12.3. The van der Waals surface area contributed by atoms with Gasteiger partial charge < -0.3 is 26.0 Å². The lowest BCUT2D eigenvalue weighted by atomic mass is 9.94. The van der Waals surface area contributed by atoms with E-state index in [1.165, 1.54) is 11.3 Å². The maximum Gasteiger partial charge on any atom is 0.243 e. The Morgan fingerprint density at radius 2 is 1.90 bits per heavy atom. The number of hydrogen-bond donors (Lipinski definition) is 4. The second kappa shape index (κ2) is 13.3. The molecule has 3 amide bonds. The summed E-state index contributed by atoms with van der Waals surface area (Å²) in [7, 11) is 0. The first-order chi connectivity index (χ1) is 19.1. The molecule has 0 bridgehead atoms. The van der Waals surface area contributed by atoms with E-state index in [1.54, 1.807) is 11.1 Å². The van der Waals surface area contributed by atoms with E-state index in [0.29, 0.717) is 19.5 Å². The molecule has 40 heavy (non-hydrogen) atoms. The van der Waals surface area contributed by atoms with E-state index in [2.05, 4.69) is 20.9 Å². The molecular formula is C30H39N5O4S. The highest BCUT2D eigenvalue weighted by Gasteiger charge is 2.39. The van der Waals surface area contributed by atoms with Crippen LogP contribution in [0, 0.1) is 5.41 Å². The van der Waals surface area contributed by atoms with Crippen LogP contribution in [-0.4, -0.2) is 70.5 Å². The molecule has 1 aromatic heterocycles. The predicted molar refractivity (Wildman–Crippen MR) is 157 cm³/mol. The van der Waals surface area contributed by atoms with Crippen molar-refractivity contribution >= 4 is 39.8 Å². The Balaban J connectivity index is 1.42. The molecule has 3 atom stereocenters. The molecule has 10 heteroatoms. The quantitative estimate of drug-likeness (QED) is 0.284. The van der Waals surface area contributed by atoms with Crippen LogP contribution in [0.4, 0.5) is 0 Å². The fourth-order valence-electron chi connectivity index (χ4n) is 4.89. The number of rotatable bonds is 11. The minimum absolute atomic E-state index is 0.0336. The number of nitrogens with zero attached hydrogens (tertiary/aromatic N) is 2. The molecule has 1 fully saturated rings. The zero-order valence-corrected chi connectivity index (χ0v) is 24.2. The van der Waals surface area contributed by atoms with Crippen molar-refractivity contribution in [2.75, 3.05) is 19.6 Å². The molecular weight excluding hydrogens is 526 g/mol. The number of carbonyl (C=O) groups excluding carboxylic acids is 3. The number of amides is 3. The second-order valence-electron chi connectivity index (χ2n) is 11.3. The zero-order chi connectivity index (χ0) is 28.7. The summed E-state index contributed by atoms with van der Waals surface area (Å²) in [5, 5.41) is 24.2. The van der Waals surface area contributed by atoms with Crippen LogP contribution in [0.1, 0.15) is 44.2 Å². The van der Waals surface area contributed by atoms with Gasteiger partial charge in [0.25, 0.3) is 0 Å². The van der Waals surface area contributed by atoms with E-state index in [0.717, 1.165) is 27.8 Å². The number of aliphatic hydroxyl groups excluding tert-OH is 1. The maximum absolute atomic E-state index is 13.4. The first kappa shape index (κ1) is 29.6. The van der Waals surface area contributed by atoms with Gasteiger partial charge in [-0.1, -0.05) is 63.2 Å². The number of carbonyl (C=O) groups is 3. The molecule has 3 aromatic rings. The standard InChI is InChI=1S/C30H39N5O4S/c1-30(2,3)29(39)35-13-6-9-25(35)28(38)34-24(16-20-10-11-21-7-4-5-8-22(21)15-20)27(37)33-18-23(36)17-31-19-26-32-12-14-40-26/h4-5,7-8,10-12,14-15,23-25,31,36H,6,9,13,16-19H2,1-3H3,(H,33,37)(H,34,38)/t23?,24-,25?/m1/s1. The Bertz CT molecular complexity index is 1310. The van der Waals surface area contributed by atoms with Gasteiger partial charge in [0.05, 0.1) is 6.10 Å². The number of benzene rings is 2. The first-order valence-electron chi connectivity index (χ1n) is 13.8. The number of likely N-dealkylation sites (tertiary alicyclic amines) is 1. The van der Waals surface area contributed by atoms with Crippen molar-refractivity contribution in [3.63, 3.8) is 0 Å². The third-order valence-electron chi connectivity index (χ3n) is 7.00. The minimum atomic E-state index is -0.865. The molecule has 1 saturated heterocycles. The lowest BCUT2D eigenvalue weighted by molar-refractivity contribution is -0.145. The molecule has 1 aliphatic heterocycles. The predicted octanol–water partition coefficient (Wildman–Crippen LogP) is 2.63. The molecule has 0 saturated carbocycles. The fraction of sp³-hybridized carbons (Fsp3) is 0.467. The van der Waals surface area contributed by atoms with Crippen LogP contribution in [0.25, 0.3) is 10.8 Å². The molecule has 9 nitrogen and oxygen atoms in total. The van der Waals surface area contributed by atoms with Crippen molar-refractivity contribution < 1.29 is 19.5 Å².